The predicted molar refractivity (Wildman–Crippen MR) is 76.1 cm³/mol. The number of hydrogen-bond acceptors (Lipinski definition) is 2. The Morgan fingerprint density at radius 2 is 1.78 bits per heavy atom. The molecule has 2 heteroatoms. The smallest absolute Gasteiger partial charge is 0.122 e. The van der Waals surface area contributed by atoms with Crippen molar-refractivity contribution in [3.8, 4) is 5.75 Å². The molecule has 2 rings (SSSR count). The first-order valence-corrected chi connectivity index (χ1v) is 6.08. The Morgan fingerprint density at radius 1 is 1.06 bits per heavy atom. The molecule has 0 amide bonds. The average Bonchev–Trinajstić information content (AvgIpc) is 2.33. The van der Waals surface area contributed by atoms with Gasteiger partial charge in [-0.2, -0.15) is 0 Å². The molecule has 0 spiro atoms. The monoisotopic (exact) mass is 241 g/mol. The largest absolute Gasteiger partial charge is 0.496 e. The minimum atomic E-state index is 0.801. The Bertz CT molecular complexity index is 561. The van der Waals surface area contributed by atoms with Crippen molar-refractivity contribution in [1.82, 2.24) is 0 Å². The van der Waals surface area contributed by atoms with Crippen LogP contribution in [0.1, 0.15) is 22.3 Å². The normalized spacial score (nSPS) is 10.4. The molecule has 0 aliphatic rings. The van der Waals surface area contributed by atoms with Crippen LogP contribution in [0.15, 0.2) is 36.4 Å². The van der Waals surface area contributed by atoms with Crippen LogP contribution in [0.4, 0.5) is 5.69 Å². The number of aryl methyl sites for hydroxylation is 2. The van der Waals surface area contributed by atoms with Crippen LogP contribution in [-0.2, 0) is 6.42 Å². The maximum atomic E-state index is 5.81. The molecule has 2 aromatic rings. The number of nitrogens with two attached hydrogens (primary N) is 1. The highest BCUT2D eigenvalue weighted by atomic mass is 16.5. The molecule has 94 valence electrons. The number of rotatable bonds is 3. The highest BCUT2D eigenvalue weighted by Crippen LogP contribution is 2.25. The van der Waals surface area contributed by atoms with E-state index in [9.17, 15) is 0 Å². The zero-order valence-electron chi connectivity index (χ0n) is 11.2. The summed E-state index contributed by atoms with van der Waals surface area (Å²) in [7, 11) is 1.72. The van der Waals surface area contributed by atoms with Crippen molar-refractivity contribution >= 4 is 5.69 Å². The quantitative estimate of drug-likeness (QED) is 0.835. The minimum absolute atomic E-state index is 0.801. The van der Waals surface area contributed by atoms with Crippen molar-refractivity contribution in [2.75, 3.05) is 12.8 Å². The SMILES string of the molecule is COc1cc(C)c(C)cc1Cc1cccc(N)c1. The van der Waals surface area contributed by atoms with Gasteiger partial charge < -0.3 is 10.5 Å². The van der Waals surface area contributed by atoms with Crippen LogP contribution in [0, 0.1) is 13.8 Å². The molecule has 0 saturated carbocycles. The number of hydrogen-bond donors (Lipinski definition) is 1. The van der Waals surface area contributed by atoms with Gasteiger partial charge in [-0.15, -0.1) is 0 Å². The second kappa shape index (κ2) is 5.13. The number of methoxy groups -OCH3 is 1. The predicted octanol–water partition coefficient (Wildman–Crippen LogP) is 3.49. The van der Waals surface area contributed by atoms with Gasteiger partial charge in [0.05, 0.1) is 7.11 Å². The summed E-state index contributed by atoms with van der Waals surface area (Å²) in [5.74, 6) is 0.945. The summed E-state index contributed by atoms with van der Waals surface area (Å²) in [6.07, 6.45) is 0.843. The van der Waals surface area contributed by atoms with Crippen molar-refractivity contribution in [1.29, 1.82) is 0 Å². The molecule has 0 bridgehead atoms. The van der Waals surface area contributed by atoms with E-state index in [0.717, 1.165) is 17.9 Å². The third-order valence-electron chi connectivity index (χ3n) is 3.24. The van der Waals surface area contributed by atoms with Crippen LogP contribution in [0.3, 0.4) is 0 Å². The molecule has 0 heterocycles. The molecule has 0 unspecified atom stereocenters. The molecule has 0 radical (unpaired) electrons. The van der Waals surface area contributed by atoms with E-state index in [0.29, 0.717) is 0 Å². The number of nitrogen functional groups attached to an aromatic ring is 1. The standard InChI is InChI=1S/C16H19NO/c1-11-7-14(16(18-3)8-12(11)2)9-13-5-4-6-15(17)10-13/h4-8,10H,9,17H2,1-3H3. The Balaban J connectivity index is 2.36. The van der Waals surface area contributed by atoms with Crippen LogP contribution in [0.5, 0.6) is 5.75 Å². The Kier molecular flexibility index (Phi) is 3.56. The molecule has 0 saturated heterocycles. The van der Waals surface area contributed by atoms with Gasteiger partial charge >= 0.3 is 0 Å². The first-order chi connectivity index (χ1) is 8.60. The van der Waals surface area contributed by atoms with Crippen molar-refractivity contribution < 1.29 is 4.74 Å². The zero-order chi connectivity index (χ0) is 13.1. The van der Waals surface area contributed by atoms with Crippen LogP contribution in [0.25, 0.3) is 0 Å². The summed E-state index contributed by atoms with van der Waals surface area (Å²) in [6, 6.07) is 12.3. The Hall–Kier alpha value is -1.96. The molecule has 0 fully saturated rings. The third kappa shape index (κ3) is 2.65. The van der Waals surface area contributed by atoms with Gasteiger partial charge in [-0.3, -0.25) is 0 Å². The Morgan fingerprint density at radius 3 is 2.44 bits per heavy atom. The summed E-state index contributed by atoms with van der Waals surface area (Å²) in [6.45, 7) is 4.22. The van der Waals surface area contributed by atoms with Gasteiger partial charge in [0.25, 0.3) is 0 Å². The lowest BCUT2D eigenvalue weighted by Gasteiger charge is -2.12. The van der Waals surface area contributed by atoms with E-state index in [1.54, 1.807) is 7.11 Å². The Labute approximate surface area is 108 Å². The van der Waals surface area contributed by atoms with Crippen molar-refractivity contribution in [2.24, 2.45) is 0 Å². The molecular weight excluding hydrogens is 222 g/mol. The number of ether oxygens (including phenoxy) is 1. The maximum Gasteiger partial charge on any atom is 0.122 e. The van der Waals surface area contributed by atoms with E-state index in [-0.39, 0.29) is 0 Å². The fourth-order valence-corrected chi connectivity index (χ4v) is 2.10. The van der Waals surface area contributed by atoms with E-state index in [1.165, 1.54) is 22.3 Å². The van der Waals surface area contributed by atoms with Crippen molar-refractivity contribution in [2.45, 2.75) is 20.3 Å². The molecule has 2 aromatic carbocycles. The lowest BCUT2D eigenvalue weighted by molar-refractivity contribution is 0.410. The second-order valence-electron chi connectivity index (χ2n) is 4.67. The number of anilines is 1. The third-order valence-corrected chi connectivity index (χ3v) is 3.24. The van der Waals surface area contributed by atoms with E-state index in [2.05, 4.69) is 32.0 Å². The highest BCUT2D eigenvalue weighted by molar-refractivity contribution is 5.47. The zero-order valence-corrected chi connectivity index (χ0v) is 11.2. The highest BCUT2D eigenvalue weighted by Gasteiger charge is 2.07. The van der Waals surface area contributed by atoms with E-state index < -0.39 is 0 Å². The summed E-state index contributed by atoms with van der Waals surface area (Å²) in [4.78, 5) is 0. The fourth-order valence-electron chi connectivity index (χ4n) is 2.10. The van der Waals surface area contributed by atoms with Crippen LogP contribution in [-0.4, -0.2) is 7.11 Å². The van der Waals surface area contributed by atoms with Gasteiger partial charge in [-0.1, -0.05) is 18.2 Å². The summed E-state index contributed by atoms with van der Waals surface area (Å²) in [5, 5.41) is 0. The van der Waals surface area contributed by atoms with E-state index in [1.807, 2.05) is 18.2 Å². The first-order valence-electron chi connectivity index (χ1n) is 6.08. The molecule has 0 aromatic heterocycles. The minimum Gasteiger partial charge on any atom is -0.496 e. The van der Waals surface area contributed by atoms with Gasteiger partial charge in [-0.05, 0) is 54.3 Å². The van der Waals surface area contributed by atoms with Crippen LogP contribution >= 0.6 is 0 Å². The second-order valence-corrected chi connectivity index (χ2v) is 4.67. The molecule has 0 aliphatic heterocycles. The molecule has 0 atom stereocenters. The van der Waals surface area contributed by atoms with Gasteiger partial charge in [0.2, 0.25) is 0 Å². The van der Waals surface area contributed by atoms with Crippen LogP contribution in [0.2, 0.25) is 0 Å². The lowest BCUT2D eigenvalue weighted by Crippen LogP contribution is -1.97. The fraction of sp³-hybridized carbons (Fsp3) is 0.250. The lowest BCUT2D eigenvalue weighted by atomic mass is 9.99. The summed E-state index contributed by atoms with van der Waals surface area (Å²) >= 11 is 0. The molecule has 2 nitrogen and oxygen atoms in total. The van der Waals surface area contributed by atoms with Gasteiger partial charge in [-0.25, -0.2) is 0 Å². The first kappa shape index (κ1) is 12.5. The van der Waals surface area contributed by atoms with Gasteiger partial charge in [0, 0.05) is 12.1 Å². The van der Waals surface area contributed by atoms with Crippen molar-refractivity contribution in [3.05, 3.63) is 58.7 Å². The van der Waals surface area contributed by atoms with Crippen LogP contribution < -0.4 is 10.5 Å². The van der Waals surface area contributed by atoms with Crippen molar-refractivity contribution in [3.63, 3.8) is 0 Å². The van der Waals surface area contributed by atoms with E-state index >= 15 is 0 Å². The van der Waals surface area contributed by atoms with Gasteiger partial charge in [0.15, 0.2) is 0 Å². The summed E-state index contributed by atoms with van der Waals surface area (Å²) in [5.41, 5.74) is 11.6. The van der Waals surface area contributed by atoms with Gasteiger partial charge in [0.1, 0.15) is 5.75 Å². The average molecular weight is 241 g/mol. The number of benzene rings is 2. The molecule has 0 aliphatic carbocycles. The van der Waals surface area contributed by atoms with E-state index in [4.69, 9.17) is 10.5 Å². The molecule has 2 N–H and O–H groups in total. The maximum absolute atomic E-state index is 5.81. The summed E-state index contributed by atoms with van der Waals surface area (Å²) < 4.78 is 5.45. The topological polar surface area (TPSA) is 35.2 Å². The molecular formula is C16H19NO. The molecule has 18 heavy (non-hydrogen) atoms.